The van der Waals surface area contributed by atoms with Gasteiger partial charge in [0.2, 0.25) is 0 Å². The number of ether oxygens (including phenoxy) is 2. The summed E-state index contributed by atoms with van der Waals surface area (Å²) in [5.74, 6) is 0.135. The average Bonchev–Trinajstić information content (AvgIpc) is 2.44. The molecular formula is C14H15NO4. The van der Waals surface area contributed by atoms with Crippen LogP contribution >= 0.6 is 0 Å². The standard InChI is InChI=1S/C14H15NO4/c1-18-10-7-6-9(13(15)14(16)17)12-8(10)4-3-5-11(12)19-2/h3-7,13H,15H2,1-2H3,(H,16,17)/t13-/m0/s1. The summed E-state index contributed by atoms with van der Waals surface area (Å²) < 4.78 is 10.6. The third-order valence-corrected chi connectivity index (χ3v) is 3.04. The second-order valence-corrected chi connectivity index (χ2v) is 4.06. The van der Waals surface area contributed by atoms with E-state index in [-0.39, 0.29) is 0 Å². The van der Waals surface area contributed by atoms with Gasteiger partial charge in [-0.2, -0.15) is 0 Å². The molecule has 3 N–H and O–H groups in total. The summed E-state index contributed by atoms with van der Waals surface area (Å²) in [4.78, 5) is 11.1. The van der Waals surface area contributed by atoms with Gasteiger partial charge in [-0.1, -0.05) is 18.2 Å². The number of methoxy groups -OCH3 is 2. The Morgan fingerprint density at radius 3 is 2.42 bits per heavy atom. The third-order valence-electron chi connectivity index (χ3n) is 3.04. The molecule has 0 fully saturated rings. The summed E-state index contributed by atoms with van der Waals surface area (Å²) in [6.07, 6.45) is 0. The molecule has 0 aliphatic carbocycles. The largest absolute Gasteiger partial charge is 0.496 e. The van der Waals surface area contributed by atoms with Crippen molar-refractivity contribution in [2.45, 2.75) is 6.04 Å². The highest BCUT2D eigenvalue weighted by atomic mass is 16.5. The van der Waals surface area contributed by atoms with Gasteiger partial charge in [-0.15, -0.1) is 0 Å². The summed E-state index contributed by atoms with van der Waals surface area (Å²) in [5, 5.41) is 10.5. The van der Waals surface area contributed by atoms with Crippen molar-refractivity contribution in [2.24, 2.45) is 5.73 Å². The monoisotopic (exact) mass is 261 g/mol. The van der Waals surface area contributed by atoms with E-state index in [4.69, 9.17) is 20.3 Å². The van der Waals surface area contributed by atoms with Crippen LogP contribution in [0.2, 0.25) is 0 Å². The molecule has 0 spiro atoms. The molecule has 0 heterocycles. The van der Waals surface area contributed by atoms with Gasteiger partial charge in [-0.25, -0.2) is 0 Å². The topological polar surface area (TPSA) is 81.8 Å². The number of hydrogen-bond acceptors (Lipinski definition) is 4. The van der Waals surface area contributed by atoms with E-state index < -0.39 is 12.0 Å². The Bertz CT molecular complexity index is 624. The number of carboxylic acid groups (broad SMARTS) is 1. The van der Waals surface area contributed by atoms with Crippen molar-refractivity contribution in [3.05, 3.63) is 35.9 Å². The zero-order valence-electron chi connectivity index (χ0n) is 10.7. The highest BCUT2D eigenvalue weighted by molar-refractivity contribution is 5.98. The van der Waals surface area contributed by atoms with E-state index in [1.807, 2.05) is 12.1 Å². The van der Waals surface area contributed by atoms with Gasteiger partial charge in [0.05, 0.1) is 14.2 Å². The molecule has 0 unspecified atom stereocenters. The van der Waals surface area contributed by atoms with Crippen molar-refractivity contribution < 1.29 is 19.4 Å². The lowest BCUT2D eigenvalue weighted by atomic mass is 9.97. The lowest BCUT2D eigenvalue weighted by molar-refractivity contribution is -0.138. The Balaban J connectivity index is 2.82. The quantitative estimate of drug-likeness (QED) is 0.879. The first-order valence-electron chi connectivity index (χ1n) is 5.72. The van der Waals surface area contributed by atoms with Crippen molar-refractivity contribution in [3.8, 4) is 11.5 Å². The number of hydrogen-bond donors (Lipinski definition) is 2. The molecule has 100 valence electrons. The lowest BCUT2D eigenvalue weighted by Gasteiger charge is -2.15. The fraction of sp³-hybridized carbons (Fsp3) is 0.214. The Hall–Kier alpha value is -2.27. The predicted octanol–water partition coefficient (Wildman–Crippen LogP) is 1.94. The van der Waals surface area contributed by atoms with Crippen LogP contribution in [-0.2, 0) is 4.79 Å². The number of carbonyl (C=O) groups is 1. The van der Waals surface area contributed by atoms with Crippen molar-refractivity contribution in [2.75, 3.05) is 14.2 Å². The van der Waals surface area contributed by atoms with Crippen LogP contribution < -0.4 is 15.2 Å². The number of aliphatic carboxylic acids is 1. The maximum atomic E-state index is 11.1. The van der Waals surface area contributed by atoms with Crippen LogP contribution in [0.3, 0.4) is 0 Å². The Morgan fingerprint density at radius 1 is 1.16 bits per heavy atom. The van der Waals surface area contributed by atoms with Crippen molar-refractivity contribution in [3.63, 3.8) is 0 Å². The Morgan fingerprint density at radius 2 is 1.84 bits per heavy atom. The first kappa shape index (κ1) is 13.2. The average molecular weight is 261 g/mol. The Kier molecular flexibility index (Phi) is 3.57. The molecule has 0 amide bonds. The first-order valence-corrected chi connectivity index (χ1v) is 5.72. The third kappa shape index (κ3) is 2.20. The molecule has 2 rings (SSSR count). The van der Waals surface area contributed by atoms with Crippen LogP contribution in [0.25, 0.3) is 10.8 Å². The first-order chi connectivity index (χ1) is 9.10. The SMILES string of the molecule is COc1ccc([C@H](N)C(=O)O)c2c(OC)cccc12. The van der Waals surface area contributed by atoms with Gasteiger partial charge < -0.3 is 20.3 Å². The van der Waals surface area contributed by atoms with Crippen molar-refractivity contribution in [1.82, 2.24) is 0 Å². The van der Waals surface area contributed by atoms with Gasteiger partial charge in [0.1, 0.15) is 17.5 Å². The number of fused-ring (bicyclic) bond motifs is 1. The summed E-state index contributed by atoms with van der Waals surface area (Å²) >= 11 is 0. The Labute approximate surface area is 110 Å². The molecule has 0 bridgehead atoms. The molecule has 19 heavy (non-hydrogen) atoms. The van der Waals surface area contributed by atoms with Gasteiger partial charge in [-0.05, 0) is 17.7 Å². The van der Waals surface area contributed by atoms with E-state index in [0.717, 1.165) is 5.39 Å². The minimum atomic E-state index is -1.11. The molecule has 0 saturated heterocycles. The maximum absolute atomic E-state index is 11.1. The molecule has 5 nitrogen and oxygen atoms in total. The summed E-state index contributed by atoms with van der Waals surface area (Å²) in [6, 6.07) is 7.68. The van der Waals surface area contributed by atoms with E-state index in [9.17, 15) is 4.79 Å². The van der Waals surface area contributed by atoms with Crippen molar-refractivity contribution in [1.29, 1.82) is 0 Å². The second kappa shape index (κ2) is 5.16. The number of benzene rings is 2. The lowest BCUT2D eigenvalue weighted by Crippen LogP contribution is -2.21. The highest BCUT2D eigenvalue weighted by Gasteiger charge is 2.20. The molecular weight excluding hydrogens is 246 g/mol. The van der Waals surface area contributed by atoms with Crippen LogP contribution in [-0.4, -0.2) is 25.3 Å². The van der Waals surface area contributed by atoms with Gasteiger partial charge >= 0.3 is 5.97 Å². The van der Waals surface area contributed by atoms with E-state index in [1.54, 1.807) is 25.3 Å². The molecule has 0 aromatic heterocycles. The van der Waals surface area contributed by atoms with E-state index in [1.165, 1.54) is 7.11 Å². The van der Waals surface area contributed by atoms with Gasteiger partial charge in [-0.3, -0.25) is 4.79 Å². The predicted molar refractivity (Wildman–Crippen MR) is 71.6 cm³/mol. The molecule has 0 aliphatic rings. The number of carboxylic acids is 1. The minimum Gasteiger partial charge on any atom is -0.496 e. The highest BCUT2D eigenvalue weighted by Crippen LogP contribution is 2.36. The van der Waals surface area contributed by atoms with Gasteiger partial charge in [0.15, 0.2) is 0 Å². The van der Waals surface area contributed by atoms with Crippen LogP contribution in [0, 0.1) is 0 Å². The van der Waals surface area contributed by atoms with Crippen LogP contribution in [0.1, 0.15) is 11.6 Å². The molecule has 0 radical (unpaired) electrons. The maximum Gasteiger partial charge on any atom is 0.325 e. The number of rotatable bonds is 4. The normalized spacial score (nSPS) is 12.2. The second-order valence-electron chi connectivity index (χ2n) is 4.06. The molecule has 0 aliphatic heterocycles. The summed E-state index contributed by atoms with van der Waals surface area (Å²) in [7, 11) is 3.09. The van der Waals surface area contributed by atoms with E-state index in [2.05, 4.69) is 0 Å². The zero-order chi connectivity index (χ0) is 14.0. The van der Waals surface area contributed by atoms with Gasteiger partial charge in [0.25, 0.3) is 0 Å². The fourth-order valence-electron chi connectivity index (χ4n) is 2.11. The number of nitrogens with two attached hydrogens (primary N) is 1. The summed E-state index contributed by atoms with van der Waals surface area (Å²) in [6.45, 7) is 0. The minimum absolute atomic E-state index is 0.501. The smallest absolute Gasteiger partial charge is 0.325 e. The molecule has 2 aromatic carbocycles. The summed E-state index contributed by atoms with van der Waals surface area (Å²) in [5.41, 5.74) is 6.22. The van der Waals surface area contributed by atoms with Crippen LogP contribution in [0.4, 0.5) is 0 Å². The zero-order valence-corrected chi connectivity index (χ0v) is 10.7. The molecule has 1 atom stereocenters. The fourth-order valence-corrected chi connectivity index (χ4v) is 2.11. The van der Waals surface area contributed by atoms with Crippen LogP contribution in [0.5, 0.6) is 11.5 Å². The van der Waals surface area contributed by atoms with Crippen molar-refractivity contribution >= 4 is 16.7 Å². The van der Waals surface area contributed by atoms with Crippen LogP contribution in [0.15, 0.2) is 30.3 Å². The molecule has 0 saturated carbocycles. The van der Waals surface area contributed by atoms with E-state index in [0.29, 0.717) is 22.4 Å². The van der Waals surface area contributed by atoms with E-state index >= 15 is 0 Å². The van der Waals surface area contributed by atoms with Gasteiger partial charge in [0, 0.05) is 10.8 Å². The molecule has 2 aromatic rings. The molecule has 5 heteroatoms.